The number of rotatable bonds is 4. The van der Waals surface area contributed by atoms with Crippen LogP contribution in [0.15, 0.2) is 15.0 Å². The SMILES string of the molecule is NCCC1(N)N=CN=C2C1=NCN2[C@@H]1O[C@H](CO)[C@@H](O)[C@H]1O. The lowest BCUT2D eigenvalue weighted by molar-refractivity contribution is -0.0688. The van der Waals surface area contributed by atoms with Crippen LogP contribution >= 0.6 is 0 Å². The third-order valence-corrected chi connectivity index (χ3v) is 4.09. The van der Waals surface area contributed by atoms with Gasteiger partial charge in [-0.05, 0) is 6.54 Å². The van der Waals surface area contributed by atoms with Gasteiger partial charge in [0.25, 0.3) is 0 Å². The van der Waals surface area contributed by atoms with Crippen LogP contribution in [0, 0.1) is 0 Å². The summed E-state index contributed by atoms with van der Waals surface area (Å²) in [6, 6.07) is 0. The van der Waals surface area contributed by atoms with Crippen molar-refractivity contribution in [3.8, 4) is 0 Å². The van der Waals surface area contributed by atoms with Gasteiger partial charge in [-0.3, -0.25) is 4.99 Å². The number of nitrogens with zero attached hydrogens (tertiary/aromatic N) is 4. The Labute approximate surface area is 126 Å². The molecule has 0 aromatic heterocycles. The first-order chi connectivity index (χ1) is 10.5. The molecule has 122 valence electrons. The summed E-state index contributed by atoms with van der Waals surface area (Å²) < 4.78 is 5.51. The Morgan fingerprint density at radius 1 is 1.41 bits per heavy atom. The predicted octanol–water partition coefficient (Wildman–Crippen LogP) is -3.42. The van der Waals surface area contributed by atoms with E-state index in [4.69, 9.17) is 16.2 Å². The second kappa shape index (κ2) is 5.65. The topological polar surface area (TPSA) is 162 Å². The fourth-order valence-corrected chi connectivity index (χ4v) is 2.88. The maximum absolute atomic E-state index is 10.1. The largest absolute Gasteiger partial charge is 0.394 e. The van der Waals surface area contributed by atoms with E-state index in [1.807, 2.05) is 0 Å². The number of aliphatic imine (C=N–C) groups is 3. The number of fused-ring (bicyclic) bond motifs is 1. The lowest BCUT2D eigenvalue weighted by atomic mass is 9.99. The highest BCUT2D eigenvalue weighted by atomic mass is 16.6. The quantitative estimate of drug-likeness (QED) is 0.361. The van der Waals surface area contributed by atoms with Crippen molar-refractivity contribution >= 4 is 17.9 Å². The molecule has 1 fully saturated rings. The Bertz CT molecular complexity index is 538. The van der Waals surface area contributed by atoms with Gasteiger partial charge in [0.2, 0.25) is 0 Å². The lowest BCUT2D eigenvalue weighted by Gasteiger charge is -2.32. The highest BCUT2D eigenvalue weighted by Gasteiger charge is 2.50. The Morgan fingerprint density at radius 2 is 2.18 bits per heavy atom. The summed E-state index contributed by atoms with van der Waals surface area (Å²) in [5.74, 6) is 0.445. The lowest BCUT2D eigenvalue weighted by Crippen LogP contribution is -2.56. The average molecular weight is 312 g/mol. The van der Waals surface area contributed by atoms with Crippen molar-refractivity contribution < 1.29 is 20.1 Å². The monoisotopic (exact) mass is 312 g/mol. The van der Waals surface area contributed by atoms with Crippen LogP contribution in [-0.2, 0) is 4.74 Å². The molecule has 1 unspecified atom stereocenters. The number of ether oxygens (including phenoxy) is 1. The summed E-state index contributed by atoms with van der Waals surface area (Å²) in [7, 11) is 0. The first-order valence-corrected chi connectivity index (χ1v) is 7.06. The van der Waals surface area contributed by atoms with Crippen LogP contribution in [0.5, 0.6) is 0 Å². The molecule has 3 aliphatic rings. The van der Waals surface area contributed by atoms with Gasteiger partial charge in [-0.25, -0.2) is 9.98 Å². The number of aliphatic hydroxyl groups excluding tert-OH is 3. The Balaban J connectivity index is 1.83. The predicted molar refractivity (Wildman–Crippen MR) is 78.4 cm³/mol. The molecule has 0 radical (unpaired) electrons. The second-order valence-corrected chi connectivity index (χ2v) is 5.51. The van der Waals surface area contributed by atoms with Crippen LogP contribution in [-0.4, -0.2) is 88.1 Å². The third-order valence-electron chi connectivity index (χ3n) is 4.09. The molecule has 0 spiro atoms. The van der Waals surface area contributed by atoms with Crippen LogP contribution in [0.2, 0.25) is 0 Å². The van der Waals surface area contributed by atoms with Crippen molar-refractivity contribution in [3.63, 3.8) is 0 Å². The Hall–Kier alpha value is -1.43. The van der Waals surface area contributed by atoms with E-state index in [1.165, 1.54) is 6.34 Å². The maximum Gasteiger partial charge on any atom is 0.162 e. The zero-order valence-corrected chi connectivity index (χ0v) is 11.9. The highest BCUT2D eigenvalue weighted by Crippen LogP contribution is 2.29. The molecule has 0 aromatic rings. The summed E-state index contributed by atoms with van der Waals surface area (Å²) in [5.41, 5.74) is 11.2. The van der Waals surface area contributed by atoms with E-state index >= 15 is 0 Å². The van der Waals surface area contributed by atoms with Crippen LogP contribution in [0.3, 0.4) is 0 Å². The molecule has 10 nitrogen and oxygen atoms in total. The van der Waals surface area contributed by atoms with Crippen molar-refractivity contribution in [2.75, 3.05) is 19.8 Å². The molecule has 3 rings (SSSR count). The van der Waals surface area contributed by atoms with Crippen LogP contribution in [0.1, 0.15) is 6.42 Å². The van der Waals surface area contributed by atoms with Gasteiger partial charge in [0.05, 0.1) is 6.61 Å². The molecular formula is C12H20N6O4. The first kappa shape index (κ1) is 15.5. The van der Waals surface area contributed by atoms with Gasteiger partial charge in [-0.2, -0.15) is 0 Å². The molecule has 0 aromatic carbocycles. The van der Waals surface area contributed by atoms with Crippen molar-refractivity contribution in [2.24, 2.45) is 26.4 Å². The normalized spacial score (nSPS) is 40.7. The summed E-state index contributed by atoms with van der Waals surface area (Å²) in [4.78, 5) is 14.3. The van der Waals surface area contributed by atoms with Crippen molar-refractivity contribution in [3.05, 3.63) is 0 Å². The fraction of sp³-hybridized carbons (Fsp3) is 0.750. The van der Waals surface area contributed by atoms with Crippen LogP contribution < -0.4 is 11.5 Å². The fourth-order valence-electron chi connectivity index (χ4n) is 2.88. The Morgan fingerprint density at radius 3 is 2.82 bits per heavy atom. The molecule has 0 aliphatic carbocycles. The van der Waals surface area contributed by atoms with E-state index < -0.39 is 36.8 Å². The standard InChI is InChI=1S/C12H20N6O4/c13-2-1-12(14)9-10(15-4-17-12)18(5-16-9)11-8(21)7(20)6(3-19)22-11/h4,6-8,11,19-21H,1-3,5,13-14H2/t6-,7-,8-,11-,12?/m1/s1. The summed E-state index contributed by atoms with van der Waals surface area (Å²) in [6.45, 7) is 0.125. The molecule has 0 amide bonds. The van der Waals surface area contributed by atoms with E-state index in [2.05, 4.69) is 15.0 Å². The molecule has 3 heterocycles. The van der Waals surface area contributed by atoms with Gasteiger partial charge in [-0.1, -0.05) is 0 Å². The molecule has 22 heavy (non-hydrogen) atoms. The maximum atomic E-state index is 10.1. The van der Waals surface area contributed by atoms with Crippen LogP contribution in [0.25, 0.3) is 0 Å². The number of amidine groups is 1. The minimum atomic E-state index is -1.19. The molecule has 1 saturated heterocycles. The molecule has 0 bridgehead atoms. The van der Waals surface area contributed by atoms with Gasteiger partial charge in [0.1, 0.15) is 37.0 Å². The summed E-state index contributed by atoms with van der Waals surface area (Å²) >= 11 is 0. The second-order valence-electron chi connectivity index (χ2n) is 5.51. The molecule has 0 saturated carbocycles. The Kier molecular flexibility index (Phi) is 3.97. The van der Waals surface area contributed by atoms with Gasteiger partial charge < -0.3 is 36.4 Å². The molecule has 10 heteroatoms. The van der Waals surface area contributed by atoms with Crippen molar-refractivity contribution in [1.29, 1.82) is 0 Å². The van der Waals surface area contributed by atoms with Gasteiger partial charge in [0, 0.05) is 6.42 Å². The minimum Gasteiger partial charge on any atom is -0.394 e. The van der Waals surface area contributed by atoms with Gasteiger partial charge in [0.15, 0.2) is 17.7 Å². The van der Waals surface area contributed by atoms with E-state index in [0.29, 0.717) is 24.5 Å². The van der Waals surface area contributed by atoms with Crippen LogP contribution in [0.4, 0.5) is 0 Å². The summed E-state index contributed by atoms with van der Waals surface area (Å²) in [6.07, 6.45) is -2.33. The van der Waals surface area contributed by atoms with E-state index in [-0.39, 0.29) is 6.67 Å². The van der Waals surface area contributed by atoms with Crippen molar-refractivity contribution in [1.82, 2.24) is 4.90 Å². The third kappa shape index (κ3) is 2.24. The highest BCUT2D eigenvalue weighted by molar-refractivity contribution is 6.47. The van der Waals surface area contributed by atoms with Gasteiger partial charge in [-0.15, -0.1) is 0 Å². The zero-order valence-electron chi connectivity index (χ0n) is 11.9. The number of nitrogens with two attached hydrogens (primary N) is 2. The average Bonchev–Trinajstić information content (AvgIpc) is 3.03. The van der Waals surface area contributed by atoms with Gasteiger partial charge >= 0.3 is 0 Å². The number of hydrogen-bond donors (Lipinski definition) is 5. The molecule has 5 atom stereocenters. The molecule has 7 N–H and O–H groups in total. The smallest absolute Gasteiger partial charge is 0.162 e. The number of hydrogen-bond acceptors (Lipinski definition) is 10. The molecular weight excluding hydrogens is 292 g/mol. The van der Waals surface area contributed by atoms with Crippen molar-refractivity contribution in [2.45, 2.75) is 36.6 Å². The minimum absolute atomic E-state index is 0.174. The summed E-state index contributed by atoms with van der Waals surface area (Å²) in [5, 5.41) is 29.2. The van der Waals surface area contributed by atoms with E-state index in [9.17, 15) is 15.3 Å². The number of aliphatic hydroxyl groups is 3. The first-order valence-electron chi connectivity index (χ1n) is 7.06. The zero-order chi connectivity index (χ0) is 15.9. The van der Waals surface area contributed by atoms with E-state index in [0.717, 1.165) is 0 Å². The molecule has 3 aliphatic heterocycles. The van der Waals surface area contributed by atoms with E-state index in [1.54, 1.807) is 4.90 Å².